The Bertz CT molecular complexity index is 664. The van der Waals surface area contributed by atoms with Crippen molar-refractivity contribution in [2.24, 2.45) is 0 Å². The zero-order valence-electron chi connectivity index (χ0n) is 10.7. The first-order valence-corrected chi connectivity index (χ1v) is 5.93. The summed E-state index contributed by atoms with van der Waals surface area (Å²) in [5.74, 6) is -2.11. The normalized spacial score (nSPS) is 10.3. The number of carboxylic acids is 1. The van der Waals surface area contributed by atoms with Gasteiger partial charge in [0, 0.05) is 5.69 Å². The van der Waals surface area contributed by atoms with E-state index in [4.69, 9.17) is 5.11 Å². The highest BCUT2D eigenvalue weighted by molar-refractivity contribution is 6.00. The number of nitrogens with one attached hydrogen (secondary N) is 2. The lowest BCUT2D eigenvalue weighted by molar-refractivity contribution is -0.115. The van der Waals surface area contributed by atoms with Gasteiger partial charge in [0.05, 0.1) is 12.1 Å². The van der Waals surface area contributed by atoms with Gasteiger partial charge in [0.1, 0.15) is 11.5 Å². The SMILES string of the molecule is Cc1cc(NC(=O)Cc2ccccc2F)c(C(=O)O)[nH]1. The van der Waals surface area contributed by atoms with Crippen molar-refractivity contribution >= 4 is 17.6 Å². The number of aryl methyl sites for hydroxylation is 1. The molecule has 104 valence electrons. The lowest BCUT2D eigenvalue weighted by atomic mass is 10.1. The zero-order valence-corrected chi connectivity index (χ0v) is 10.7. The first-order valence-electron chi connectivity index (χ1n) is 5.93. The van der Waals surface area contributed by atoms with E-state index in [2.05, 4.69) is 10.3 Å². The topological polar surface area (TPSA) is 82.2 Å². The van der Waals surface area contributed by atoms with E-state index in [1.165, 1.54) is 24.3 Å². The number of amides is 1. The molecule has 6 heteroatoms. The van der Waals surface area contributed by atoms with E-state index in [1.807, 2.05) is 0 Å². The Balaban J connectivity index is 2.13. The summed E-state index contributed by atoms with van der Waals surface area (Å²) in [7, 11) is 0. The molecule has 0 bridgehead atoms. The van der Waals surface area contributed by atoms with Crippen LogP contribution in [-0.2, 0) is 11.2 Å². The van der Waals surface area contributed by atoms with Gasteiger partial charge in [-0.1, -0.05) is 18.2 Å². The number of aromatic amines is 1. The smallest absolute Gasteiger partial charge is 0.354 e. The molecule has 20 heavy (non-hydrogen) atoms. The molecule has 1 aromatic carbocycles. The third kappa shape index (κ3) is 3.03. The molecule has 2 aromatic rings. The van der Waals surface area contributed by atoms with Gasteiger partial charge in [-0.15, -0.1) is 0 Å². The Morgan fingerprint density at radius 2 is 2.05 bits per heavy atom. The van der Waals surface area contributed by atoms with E-state index >= 15 is 0 Å². The Kier molecular flexibility index (Phi) is 3.84. The van der Waals surface area contributed by atoms with Crippen molar-refractivity contribution in [1.82, 2.24) is 4.98 Å². The lowest BCUT2D eigenvalue weighted by Gasteiger charge is -2.05. The summed E-state index contributed by atoms with van der Waals surface area (Å²) in [5.41, 5.74) is 0.957. The predicted molar refractivity (Wildman–Crippen MR) is 71.2 cm³/mol. The van der Waals surface area contributed by atoms with Gasteiger partial charge in [-0.05, 0) is 24.6 Å². The van der Waals surface area contributed by atoms with E-state index in [-0.39, 0.29) is 23.4 Å². The van der Waals surface area contributed by atoms with Crippen molar-refractivity contribution in [2.45, 2.75) is 13.3 Å². The molecule has 5 nitrogen and oxygen atoms in total. The van der Waals surface area contributed by atoms with Crippen molar-refractivity contribution in [1.29, 1.82) is 0 Å². The number of aromatic carboxylic acids is 1. The van der Waals surface area contributed by atoms with E-state index in [0.717, 1.165) is 0 Å². The van der Waals surface area contributed by atoms with E-state index in [0.29, 0.717) is 5.69 Å². The van der Waals surface area contributed by atoms with Crippen LogP contribution in [0.2, 0.25) is 0 Å². The van der Waals surface area contributed by atoms with Gasteiger partial charge in [-0.2, -0.15) is 0 Å². The number of rotatable bonds is 4. The molecule has 0 aliphatic heterocycles. The molecule has 0 spiro atoms. The standard InChI is InChI=1S/C14H13FN2O3/c1-8-6-11(13(16-8)14(19)20)17-12(18)7-9-4-2-3-5-10(9)15/h2-6,16H,7H2,1H3,(H,17,18)(H,19,20). The first-order chi connectivity index (χ1) is 9.47. The average molecular weight is 276 g/mol. The third-order valence-electron chi connectivity index (χ3n) is 2.75. The number of H-pyrrole nitrogens is 1. The van der Waals surface area contributed by atoms with Crippen LogP contribution in [0.3, 0.4) is 0 Å². The minimum Gasteiger partial charge on any atom is -0.477 e. The maximum absolute atomic E-state index is 13.4. The number of carbonyl (C=O) groups excluding carboxylic acids is 1. The van der Waals surface area contributed by atoms with Crippen LogP contribution in [-0.4, -0.2) is 22.0 Å². The molecule has 0 saturated carbocycles. The van der Waals surface area contributed by atoms with Crippen molar-refractivity contribution in [3.05, 3.63) is 53.1 Å². The van der Waals surface area contributed by atoms with Crippen LogP contribution >= 0.6 is 0 Å². The Labute approximate surface area is 114 Å². The van der Waals surface area contributed by atoms with Crippen LogP contribution in [0.5, 0.6) is 0 Å². The van der Waals surface area contributed by atoms with Gasteiger partial charge in [-0.25, -0.2) is 9.18 Å². The molecular weight excluding hydrogens is 263 g/mol. The van der Waals surface area contributed by atoms with Crippen LogP contribution in [0.25, 0.3) is 0 Å². The molecular formula is C14H13FN2O3. The Hall–Kier alpha value is -2.63. The van der Waals surface area contributed by atoms with Gasteiger partial charge in [-0.3, -0.25) is 4.79 Å². The minimum atomic E-state index is -1.17. The summed E-state index contributed by atoms with van der Waals surface area (Å²) in [6.07, 6.45) is -0.157. The zero-order chi connectivity index (χ0) is 14.7. The highest BCUT2D eigenvalue weighted by Crippen LogP contribution is 2.17. The molecule has 0 atom stereocenters. The largest absolute Gasteiger partial charge is 0.477 e. The number of halogens is 1. The van der Waals surface area contributed by atoms with Crippen LogP contribution in [0.15, 0.2) is 30.3 Å². The fourth-order valence-electron chi connectivity index (χ4n) is 1.87. The van der Waals surface area contributed by atoms with Crippen molar-refractivity contribution in [3.8, 4) is 0 Å². The van der Waals surface area contributed by atoms with Gasteiger partial charge < -0.3 is 15.4 Å². The number of hydrogen-bond acceptors (Lipinski definition) is 2. The van der Waals surface area contributed by atoms with Gasteiger partial charge in [0.25, 0.3) is 0 Å². The van der Waals surface area contributed by atoms with E-state index in [1.54, 1.807) is 13.0 Å². The van der Waals surface area contributed by atoms with Crippen LogP contribution in [0.4, 0.5) is 10.1 Å². The van der Waals surface area contributed by atoms with Crippen molar-refractivity contribution in [3.63, 3.8) is 0 Å². The minimum absolute atomic E-state index is 0.0932. The molecule has 0 unspecified atom stereocenters. The molecule has 0 fully saturated rings. The fourth-order valence-corrected chi connectivity index (χ4v) is 1.87. The van der Waals surface area contributed by atoms with Gasteiger partial charge in [0.2, 0.25) is 5.91 Å². The number of carboxylic acid groups (broad SMARTS) is 1. The predicted octanol–water partition coefficient (Wildman–Crippen LogP) is 2.34. The molecule has 2 rings (SSSR count). The average Bonchev–Trinajstić information content (AvgIpc) is 2.73. The molecule has 1 aromatic heterocycles. The van der Waals surface area contributed by atoms with E-state index < -0.39 is 17.7 Å². The first kappa shape index (κ1) is 13.8. The second kappa shape index (κ2) is 5.56. The third-order valence-corrected chi connectivity index (χ3v) is 2.75. The van der Waals surface area contributed by atoms with Crippen molar-refractivity contribution < 1.29 is 19.1 Å². The quantitative estimate of drug-likeness (QED) is 0.801. The van der Waals surface area contributed by atoms with Crippen LogP contribution < -0.4 is 5.32 Å². The molecule has 1 heterocycles. The number of hydrogen-bond donors (Lipinski definition) is 3. The Morgan fingerprint density at radius 3 is 2.70 bits per heavy atom. The van der Waals surface area contributed by atoms with Crippen molar-refractivity contribution in [2.75, 3.05) is 5.32 Å². The molecule has 1 amide bonds. The summed E-state index contributed by atoms with van der Waals surface area (Å²) >= 11 is 0. The number of aromatic nitrogens is 1. The number of carbonyl (C=O) groups is 2. The fraction of sp³-hybridized carbons (Fsp3) is 0.143. The second-order valence-corrected chi connectivity index (χ2v) is 4.36. The van der Waals surface area contributed by atoms with Crippen LogP contribution in [0, 0.1) is 12.7 Å². The summed E-state index contributed by atoms with van der Waals surface area (Å²) in [4.78, 5) is 25.5. The summed E-state index contributed by atoms with van der Waals surface area (Å²) in [6.45, 7) is 1.68. The number of anilines is 1. The second-order valence-electron chi connectivity index (χ2n) is 4.36. The highest BCUT2D eigenvalue weighted by Gasteiger charge is 2.16. The molecule has 3 N–H and O–H groups in total. The maximum atomic E-state index is 13.4. The number of benzene rings is 1. The van der Waals surface area contributed by atoms with Crippen LogP contribution in [0.1, 0.15) is 21.7 Å². The lowest BCUT2D eigenvalue weighted by Crippen LogP contribution is -2.16. The molecule has 0 radical (unpaired) electrons. The van der Waals surface area contributed by atoms with Gasteiger partial charge >= 0.3 is 5.97 Å². The molecule has 0 saturated heterocycles. The maximum Gasteiger partial charge on any atom is 0.354 e. The summed E-state index contributed by atoms with van der Waals surface area (Å²) in [5, 5.41) is 11.5. The Morgan fingerprint density at radius 1 is 1.35 bits per heavy atom. The molecule has 0 aliphatic rings. The monoisotopic (exact) mass is 276 g/mol. The molecule has 0 aliphatic carbocycles. The van der Waals surface area contributed by atoms with Gasteiger partial charge in [0.15, 0.2) is 0 Å². The summed E-state index contributed by atoms with van der Waals surface area (Å²) < 4.78 is 13.4. The summed E-state index contributed by atoms with van der Waals surface area (Å²) in [6, 6.07) is 7.47. The van der Waals surface area contributed by atoms with E-state index in [9.17, 15) is 14.0 Å². The highest BCUT2D eigenvalue weighted by atomic mass is 19.1.